The molecule has 0 aromatic heterocycles. The molecule has 0 aliphatic heterocycles. The average molecular weight is 406 g/mol. The van der Waals surface area contributed by atoms with Crippen LogP contribution in [-0.4, -0.2) is 49.7 Å². The molecule has 29 heavy (non-hydrogen) atoms. The Kier molecular flexibility index (Phi) is 7.76. The Balaban J connectivity index is 1.95. The van der Waals surface area contributed by atoms with Crippen LogP contribution in [0.15, 0.2) is 53.5 Å². The van der Waals surface area contributed by atoms with Crippen molar-refractivity contribution in [2.75, 3.05) is 26.8 Å². The number of hydrogen-bond donors (Lipinski definition) is 1. The summed E-state index contributed by atoms with van der Waals surface area (Å²) in [6, 6.07) is 6.57. The van der Waals surface area contributed by atoms with Crippen LogP contribution in [0.3, 0.4) is 0 Å². The molecule has 0 heterocycles. The summed E-state index contributed by atoms with van der Waals surface area (Å²) in [5.41, 5.74) is 4.86. The topological polar surface area (TPSA) is 58.6 Å². The predicted octanol–water partition coefficient (Wildman–Crippen LogP) is 2.99. The zero-order chi connectivity index (χ0) is 21.4. The first-order chi connectivity index (χ1) is 13.7. The largest absolute Gasteiger partial charge is 0.424 e. The number of rotatable bonds is 8. The Bertz CT molecular complexity index is 889. The van der Waals surface area contributed by atoms with E-state index in [1.54, 1.807) is 43.1 Å². The maximum Gasteiger partial charge on any atom is 0.424 e. The Labute approximate surface area is 166 Å². The molecule has 154 valence electrons. The van der Waals surface area contributed by atoms with Gasteiger partial charge in [-0.25, -0.2) is 0 Å². The fourth-order valence-electron chi connectivity index (χ4n) is 2.68. The molecule has 0 saturated heterocycles. The van der Waals surface area contributed by atoms with Gasteiger partial charge in [-0.1, -0.05) is 35.7 Å². The highest BCUT2D eigenvalue weighted by Crippen LogP contribution is 2.36. The predicted molar refractivity (Wildman–Crippen MR) is 102 cm³/mol. The number of carbonyl (C=O) groups excluding carboxylic acids is 2. The lowest BCUT2D eigenvalue weighted by molar-refractivity contribution is -0.133. The molecule has 0 unspecified atom stereocenters. The quantitative estimate of drug-likeness (QED) is 0.675. The molecule has 1 aliphatic rings. The average Bonchev–Trinajstić information content (AvgIpc) is 2.66. The van der Waals surface area contributed by atoms with Crippen molar-refractivity contribution in [3.63, 3.8) is 0 Å². The molecule has 0 spiro atoms. The molecule has 0 bridgehead atoms. The highest BCUT2D eigenvalue weighted by atomic mass is 19.4. The molecule has 0 fully saturated rings. The SMILES string of the molecule is CCOCC(=O)NC(=O)CN(C)Cc1ccc(C2=CC=C=C=C2C(F)(F)F)cc1. The number of halogens is 3. The van der Waals surface area contributed by atoms with Crippen molar-refractivity contribution >= 4 is 17.4 Å². The van der Waals surface area contributed by atoms with E-state index in [0.717, 1.165) is 5.56 Å². The van der Waals surface area contributed by atoms with Gasteiger partial charge in [0, 0.05) is 18.7 Å². The number of imide groups is 1. The zero-order valence-corrected chi connectivity index (χ0v) is 16.1. The van der Waals surface area contributed by atoms with Gasteiger partial charge in [0.25, 0.3) is 5.91 Å². The van der Waals surface area contributed by atoms with Crippen LogP contribution in [0.25, 0.3) is 5.57 Å². The van der Waals surface area contributed by atoms with E-state index >= 15 is 0 Å². The number of nitrogens with one attached hydrogen (secondary N) is 1. The number of amides is 2. The molecule has 1 aromatic carbocycles. The van der Waals surface area contributed by atoms with E-state index in [-0.39, 0.29) is 18.7 Å². The highest BCUT2D eigenvalue weighted by Gasteiger charge is 2.37. The van der Waals surface area contributed by atoms with Crippen LogP contribution < -0.4 is 5.32 Å². The maximum absolute atomic E-state index is 13.1. The lowest BCUT2D eigenvalue weighted by atomic mass is 9.95. The summed E-state index contributed by atoms with van der Waals surface area (Å²) in [7, 11) is 1.70. The van der Waals surface area contributed by atoms with Crippen molar-refractivity contribution in [3.05, 3.63) is 64.6 Å². The van der Waals surface area contributed by atoms with Gasteiger partial charge in [-0.05, 0) is 37.3 Å². The van der Waals surface area contributed by atoms with Crippen molar-refractivity contribution in [1.29, 1.82) is 0 Å². The normalized spacial score (nSPS) is 13.3. The summed E-state index contributed by atoms with van der Waals surface area (Å²) < 4.78 is 44.3. The van der Waals surface area contributed by atoms with Gasteiger partial charge in [-0.2, -0.15) is 13.2 Å². The first-order valence-corrected chi connectivity index (χ1v) is 8.88. The van der Waals surface area contributed by atoms with Crippen molar-refractivity contribution < 1.29 is 27.5 Å². The van der Waals surface area contributed by atoms with E-state index in [9.17, 15) is 22.8 Å². The molecule has 0 radical (unpaired) electrons. The third-order valence-corrected chi connectivity index (χ3v) is 3.93. The Morgan fingerprint density at radius 1 is 1.17 bits per heavy atom. The minimum absolute atomic E-state index is 0.0126. The van der Waals surface area contributed by atoms with Crippen LogP contribution in [0.1, 0.15) is 18.1 Å². The Morgan fingerprint density at radius 3 is 2.48 bits per heavy atom. The van der Waals surface area contributed by atoms with Gasteiger partial charge >= 0.3 is 6.18 Å². The molecule has 0 saturated carbocycles. The number of alkyl halides is 3. The van der Waals surface area contributed by atoms with E-state index in [0.29, 0.717) is 18.7 Å². The maximum atomic E-state index is 13.1. The van der Waals surface area contributed by atoms with E-state index in [4.69, 9.17) is 4.74 Å². The van der Waals surface area contributed by atoms with Crippen LogP contribution >= 0.6 is 0 Å². The summed E-state index contributed by atoms with van der Waals surface area (Å²) in [4.78, 5) is 25.0. The lowest BCUT2D eigenvalue weighted by Crippen LogP contribution is -2.40. The Hall–Kier alpha value is -2.89. The minimum Gasteiger partial charge on any atom is -0.372 e. The van der Waals surface area contributed by atoms with E-state index in [1.165, 1.54) is 12.2 Å². The smallest absolute Gasteiger partial charge is 0.372 e. The number of benzene rings is 1. The molecule has 8 heteroatoms. The molecule has 1 aliphatic carbocycles. The monoisotopic (exact) mass is 406 g/mol. The fraction of sp³-hybridized carbons (Fsp3) is 0.333. The molecule has 2 amide bonds. The van der Waals surface area contributed by atoms with Crippen molar-refractivity contribution in [1.82, 2.24) is 10.2 Å². The summed E-state index contributed by atoms with van der Waals surface area (Å²) in [5, 5.41) is 2.22. The number of ether oxygens (including phenoxy) is 1. The third kappa shape index (κ3) is 6.89. The second-order valence-corrected chi connectivity index (χ2v) is 6.37. The van der Waals surface area contributed by atoms with Crippen LogP contribution in [0.4, 0.5) is 13.2 Å². The number of likely N-dealkylation sites (N-methyl/N-ethyl adjacent to an activating group) is 1. The molecule has 0 atom stereocenters. The van der Waals surface area contributed by atoms with Crippen LogP contribution in [-0.2, 0) is 20.9 Å². The number of carbonyl (C=O) groups is 2. The fourth-order valence-corrected chi connectivity index (χ4v) is 2.68. The molecular formula is C21H21F3N2O3. The summed E-state index contributed by atoms with van der Waals surface area (Å²) in [6.45, 7) is 2.31. The zero-order valence-electron chi connectivity index (χ0n) is 16.1. The number of allylic oxidation sites excluding steroid dienone is 4. The third-order valence-electron chi connectivity index (χ3n) is 3.93. The minimum atomic E-state index is -4.51. The number of nitrogens with zero attached hydrogens (tertiary/aromatic N) is 1. The molecular weight excluding hydrogens is 385 g/mol. The van der Waals surface area contributed by atoms with Crippen LogP contribution in [0, 0.1) is 0 Å². The summed E-state index contributed by atoms with van der Waals surface area (Å²) in [5.74, 6) is -0.966. The van der Waals surface area contributed by atoms with Crippen molar-refractivity contribution in [2.45, 2.75) is 19.6 Å². The molecule has 2 rings (SSSR count). The van der Waals surface area contributed by atoms with Crippen molar-refractivity contribution in [3.8, 4) is 0 Å². The molecule has 1 N–H and O–H groups in total. The first-order valence-electron chi connectivity index (χ1n) is 8.88. The summed E-state index contributed by atoms with van der Waals surface area (Å²) in [6.07, 6.45) is -1.78. The van der Waals surface area contributed by atoms with Gasteiger partial charge in [0.15, 0.2) is 0 Å². The number of hydrogen-bond acceptors (Lipinski definition) is 4. The van der Waals surface area contributed by atoms with Gasteiger partial charge in [-0.3, -0.25) is 19.8 Å². The second-order valence-electron chi connectivity index (χ2n) is 6.37. The van der Waals surface area contributed by atoms with Gasteiger partial charge in [-0.15, -0.1) is 0 Å². The van der Waals surface area contributed by atoms with Gasteiger partial charge in [0.1, 0.15) is 12.2 Å². The standard InChI is InChI=1S/C21H21F3N2O3/c1-3-29-14-20(28)25-19(27)13-26(2)12-15-8-10-16(11-9-15)17-6-4-5-7-18(17)21(22,23)24/h4,6,8-11H,3,12-14H2,1-2H3,(H,25,27,28). The van der Waals surface area contributed by atoms with Gasteiger partial charge < -0.3 is 4.74 Å². The second kappa shape index (κ2) is 10.0. The van der Waals surface area contributed by atoms with Crippen molar-refractivity contribution in [2.24, 2.45) is 0 Å². The van der Waals surface area contributed by atoms with Crippen LogP contribution in [0.2, 0.25) is 0 Å². The van der Waals surface area contributed by atoms with E-state index in [2.05, 4.69) is 16.8 Å². The Morgan fingerprint density at radius 2 is 1.86 bits per heavy atom. The van der Waals surface area contributed by atoms with E-state index in [1.807, 2.05) is 0 Å². The van der Waals surface area contributed by atoms with Gasteiger partial charge in [0.2, 0.25) is 5.91 Å². The van der Waals surface area contributed by atoms with E-state index < -0.39 is 23.6 Å². The highest BCUT2D eigenvalue weighted by molar-refractivity contribution is 5.96. The van der Waals surface area contributed by atoms with Crippen LogP contribution in [0.5, 0.6) is 0 Å². The molecule has 1 aromatic rings. The first kappa shape index (κ1) is 22.4. The lowest BCUT2D eigenvalue weighted by Gasteiger charge is -2.17. The molecule has 5 nitrogen and oxygen atoms in total. The van der Waals surface area contributed by atoms with Gasteiger partial charge in [0.05, 0.1) is 6.54 Å². The summed E-state index contributed by atoms with van der Waals surface area (Å²) >= 11 is 0.